The molecule has 3 heterocycles. The van der Waals surface area contributed by atoms with Crippen molar-refractivity contribution < 1.29 is 13.7 Å². The van der Waals surface area contributed by atoms with E-state index in [4.69, 9.17) is 16.1 Å². The molecule has 9 heteroatoms. The zero-order valence-corrected chi connectivity index (χ0v) is 17.3. The van der Waals surface area contributed by atoms with Crippen LogP contribution in [0.5, 0.6) is 0 Å². The lowest BCUT2D eigenvalue weighted by atomic mass is 10.2. The zero-order valence-electron chi connectivity index (χ0n) is 15.7. The van der Waals surface area contributed by atoms with E-state index in [1.54, 1.807) is 23.5 Å². The number of carbonyl (C=O) groups is 1. The van der Waals surface area contributed by atoms with Crippen molar-refractivity contribution in [3.63, 3.8) is 0 Å². The lowest BCUT2D eigenvalue weighted by Crippen LogP contribution is -2.48. The van der Waals surface area contributed by atoms with E-state index in [9.17, 15) is 9.18 Å². The van der Waals surface area contributed by atoms with Gasteiger partial charge in [-0.05, 0) is 36.4 Å². The Morgan fingerprint density at radius 3 is 2.59 bits per heavy atom. The van der Waals surface area contributed by atoms with Crippen LogP contribution >= 0.6 is 22.9 Å². The average molecular weight is 435 g/mol. The number of aromatic nitrogens is 2. The second-order valence-electron chi connectivity index (χ2n) is 6.88. The third-order valence-electron chi connectivity index (χ3n) is 4.86. The van der Waals surface area contributed by atoms with Gasteiger partial charge in [0.05, 0.1) is 4.34 Å². The third-order valence-corrected chi connectivity index (χ3v) is 6.07. The number of piperazine rings is 1. The smallest absolute Gasteiger partial charge is 0.227 e. The summed E-state index contributed by atoms with van der Waals surface area (Å²) in [5.74, 6) is 0.577. The SMILES string of the molecule is O=C(CCc1nc(-c2ccc(F)cc2)no1)N1CCN(Cc2ccc(Cl)s2)CC1. The summed E-state index contributed by atoms with van der Waals surface area (Å²) < 4.78 is 19.0. The minimum absolute atomic E-state index is 0.0883. The fourth-order valence-electron chi connectivity index (χ4n) is 3.26. The van der Waals surface area contributed by atoms with Crippen molar-refractivity contribution >= 4 is 28.8 Å². The third kappa shape index (κ3) is 5.20. The van der Waals surface area contributed by atoms with Crippen LogP contribution in [0.25, 0.3) is 11.4 Å². The first-order valence-electron chi connectivity index (χ1n) is 9.40. The van der Waals surface area contributed by atoms with E-state index < -0.39 is 0 Å². The quantitative estimate of drug-likeness (QED) is 0.589. The Kier molecular flexibility index (Phi) is 6.22. The van der Waals surface area contributed by atoms with Gasteiger partial charge in [0.1, 0.15) is 5.82 Å². The van der Waals surface area contributed by atoms with Crippen LogP contribution in [0.3, 0.4) is 0 Å². The number of aryl methyl sites for hydroxylation is 1. The highest BCUT2D eigenvalue weighted by atomic mass is 35.5. The number of halogens is 2. The molecule has 1 amide bonds. The van der Waals surface area contributed by atoms with Crippen LogP contribution in [0.15, 0.2) is 40.9 Å². The highest BCUT2D eigenvalue weighted by Crippen LogP contribution is 2.23. The molecule has 2 aromatic heterocycles. The van der Waals surface area contributed by atoms with Gasteiger partial charge in [-0.3, -0.25) is 9.69 Å². The van der Waals surface area contributed by atoms with Gasteiger partial charge < -0.3 is 9.42 Å². The average Bonchev–Trinajstić information content (AvgIpc) is 3.36. The molecule has 4 rings (SSSR count). The fraction of sp³-hybridized carbons (Fsp3) is 0.350. The summed E-state index contributed by atoms with van der Waals surface area (Å²) in [7, 11) is 0. The predicted molar refractivity (Wildman–Crippen MR) is 109 cm³/mol. The molecular weight excluding hydrogens is 415 g/mol. The molecule has 0 N–H and O–H groups in total. The maximum absolute atomic E-state index is 13.0. The summed E-state index contributed by atoms with van der Waals surface area (Å²) >= 11 is 7.58. The molecule has 1 saturated heterocycles. The molecule has 1 aliphatic rings. The Morgan fingerprint density at radius 1 is 1.14 bits per heavy atom. The number of hydrogen-bond donors (Lipinski definition) is 0. The van der Waals surface area contributed by atoms with E-state index in [1.165, 1.54) is 17.0 Å². The molecule has 6 nitrogen and oxygen atoms in total. The highest BCUT2D eigenvalue weighted by Gasteiger charge is 2.22. The molecule has 1 aliphatic heterocycles. The van der Waals surface area contributed by atoms with Gasteiger partial charge in [0.15, 0.2) is 0 Å². The van der Waals surface area contributed by atoms with Gasteiger partial charge in [-0.1, -0.05) is 16.8 Å². The van der Waals surface area contributed by atoms with Crippen LogP contribution in [-0.4, -0.2) is 52.0 Å². The summed E-state index contributed by atoms with van der Waals surface area (Å²) in [6, 6.07) is 9.86. The Bertz CT molecular complexity index is 967. The molecule has 0 aliphatic carbocycles. The van der Waals surface area contributed by atoms with E-state index >= 15 is 0 Å². The zero-order chi connectivity index (χ0) is 20.2. The van der Waals surface area contributed by atoms with Gasteiger partial charge in [-0.25, -0.2) is 4.39 Å². The lowest BCUT2D eigenvalue weighted by molar-refractivity contribution is -0.133. The predicted octanol–water partition coefficient (Wildman–Crippen LogP) is 3.87. The van der Waals surface area contributed by atoms with E-state index in [-0.39, 0.29) is 11.7 Å². The van der Waals surface area contributed by atoms with Gasteiger partial charge >= 0.3 is 0 Å². The van der Waals surface area contributed by atoms with Crippen molar-refractivity contribution in [1.29, 1.82) is 0 Å². The van der Waals surface area contributed by atoms with Gasteiger partial charge in [-0.15, -0.1) is 11.3 Å². The molecule has 1 fully saturated rings. The van der Waals surface area contributed by atoms with E-state index in [0.29, 0.717) is 43.2 Å². The first-order chi connectivity index (χ1) is 14.1. The van der Waals surface area contributed by atoms with Crippen LogP contribution in [-0.2, 0) is 17.8 Å². The molecule has 0 unspecified atom stereocenters. The summed E-state index contributed by atoms with van der Waals surface area (Å²) in [6.07, 6.45) is 0.715. The molecule has 152 valence electrons. The van der Waals surface area contributed by atoms with E-state index in [1.807, 2.05) is 11.0 Å². The molecular formula is C20H20ClFN4O2S. The van der Waals surface area contributed by atoms with Crippen molar-refractivity contribution in [2.45, 2.75) is 19.4 Å². The van der Waals surface area contributed by atoms with Crippen LogP contribution < -0.4 is 0 Å². The van der Waals surface area contributed by atoms with Crippen LogP contribution in [0.1, 0.15) is 17.2 Å². The largest absolute Gasteiger partial charge is 0.340 e. The number of benzene rings is 1. The summed E-state index contributed by atoms with van der Waals surface area (Å²) in [4.78, 5) is 22.3. The minimum atomic E-state index is -0.317. The molecule has 3 aromatic rings. The van der Waals surface area contributed by atoms with Crippen molar-refractivity contribution in [2.24, 2.45) is 0 Å². The summed E-state index contributed by atoms with van der Waals surface area (Å²) in [6.45, 7) is 3.98. The second-order valence-corrected chi connectivity index (χ2v) is 8.68. The Morgan fingerprint density at radius 2 is 1.90 bits per heavy atom. The van der Waals surface area contributed by atoms with Crippen molar-refractivity contribution in [3.05, 3.63) is 57.3 Å². The maximum Gasteiger partial charge on any atom is 0.227 e. The van der Waals surface area contributed by atoms with E-state index in [0.717, 1.165) is 24.0 Å². The van der Waals surface area contributed by atoms with Crippen molar-refractivity contribution in [1.82, 2.24) is 19.9 Å². The Balaban J connectivity index is 1.24. The monoisotopic (exact) mass is 434 g/mol. The molecule has 0 spiro atoms. The Labute approximate surface area is 176 Å². The summed E-state index contributed by atoms with van der Waals surface area (Å²) in [5, 5.41) is 3.91. The van der Waals surface area contributed by atoms with Crippen LogP contribution in [0, 0.1) is 5.82 Å². The van der Waals surface area contributed by atoms with Gasteiger partial charge in [0, 0.05) is 56.0 Å². The number of nitrogens with zero attached hydrogens (tertiary/aromatic N) is 4. The van der Waals surface area contributed by atoms with Crippen LogP contribution in [0.2, 0.25) is 4.34 Å². The minimum Gasteiger partial charge on any atom is -0.340 e. The van der Waals surface area contributed by atoms with Crippen molar-refractivity contribution in [2.75, 3.05) is 26.2 Å². The van der Waals surface area contributed by atoms with Crippen molar-refractivity contribution in [3.8, 4) is 11.4 Å². The number of thiophene rings is 1. The van der Waals surface area contributed by atoms with Gasteiger partial charge in [0.2, 0.25) is 17.6 Å². The van der Waals surface area contributed by atoms with E-state index in [2.05, 4.69) is 21.1 Å². The first kappa shape index (κ1) is 20.0. The number of amides is 1. The maximum atomic E-state index is 13.0. The van der Waals surface area contributed by atoms with Gasteiger partial charge in [-0.2, -0.15) is 4.98 Å². The molecule has 0 atom stereocenters. The topological polar surface area (TPSA) is 62.5 Å². The fourth-order valence-corrected chi connectivity index (χ4v) is 4.39. The lowest BCUT2D eigenvalue weighted by Gasteiger charge is -2.34. The highest BCUT2D eigenvalue weighted by molar-refractivity contribution is 7.16. The second kappa shape index (κ2) is 9.02. The molecule has 29 heavy (non-hydrogen) atoms. The molecule has 1 aromatic carbocycles. The normalized spacial score (nSPS) is 15.0. The molecule has 0 bridgehead atoms. The summed E-state index contributed by atoms with van der Waals surface area (Å²) in [5.41, 5.74) is 0.677. The standard InChI is InChI=1S/C20H20ClFN4O2S/c21-17-6-5-16(29-17)13-25-9-11-26(12-10-25)19(27)8-7-18-23-20(24-28-18)14-1-3-15(22)4-2-14/h1-6H,7-13H2. The number of carbonyl (C=O) groups excluding carboxylic acids is 1. The number of rotatable bonds is 6. The van der Waals surface area contributed by atoms with Crippen LogP contribution in [0.4, 0.5) is 4.39 Å². The number of hydrogen-bond acceptors (Lipinski definition) is 6. The first-order valence-corrected chi connectivity index (χ1v) is 10.6. The molecule has 0 radical (unpaired) electrons. The molecule has 0 saturated carbocycles. The van der Waals surface area contributed by atoms with Gasteiger partial charge in [0.25, 0.3) is 0 Å². The Hall–Kier alpha value is -2.29.